The number of hydrogen-bond donors (Lipinski definition) is 1. The first-order valence-electron chi connectivity index (χ1n) is 7.69. The first-order valence-corrected chi connectivity index (χ1v) is 8.48. The van der Waals surface area contributed by atoms with Crippen molar-refractivity contribution >= 4 is 33.4 Å². The largest absolute Gasteiger partial charge is 0.481 e. The highest BCUT2D eigenvalue weighted by atomic mass is 79.9. The second kappa shape index (κ2) is 7.69. The quantitative estimate of drug-likeness (QED) is 0.824. The summed E-state index contributed by atoms with van der Waals surface area (Å²) in [6.45, 7) is 3.43. The molecule has 0 fully saturated rings. The Labute approximate surface area is 155 Å². The molecule has 1 atom stereocenters. The Morgan fingerprint density at radius 3 is 2.64 bits per heavy atom. The molecule has 2 amide bonds. The lowest BCUT2D eigenvalue weighted by Crippen LogP contribution is -2.31. The average Bonchev–Trinajstić information content (AvgIpc) is 2.82. The molecule has 0 aliphatic rings. The Morgan fingerprint density at radius 2 is 2.04 bits per heavy atom. The standard InChI is InChI=1S/C17H21BrN4O3/c1-10-14(15(20-22(10)5)17(24)21(3)4)19-16(23)11(2)25-13-8-6-7-12(18)9-13/h6-9,11H,1-5H3,(H,19,23). The molecule has 0 saturated carbocycles. The molecule has 0 aliphatic heterocycles. The minimum Gasteiger partial charge on any atom is -0.481 e. The number of carbonyl (C=O) groups excluding carboxylic acids is 2. The third kappa shape index (κ3) is 4.39. The zero-order valence-electron chi connectivity index (χ0n) is 14.8. The van der Waals surface area contributed by atoms with Gasteiger partial charge in [-0.3, -0.25) is 14.3 Å². The van der Waals surface area contributed by atoms with Crippen molar-refractivity contribution in [2.24, 2.45) is 7.05 Å². The SMILES string of the molecule is Cc1c(NC(=O)C(C)Oc2cccc(Br)c2)c(C(=O)N(C)C)nn1C. The predicted octanol–water partition coefficient (Wildman–Crippen LogP) is 2.60. The smallest absolute Gasteiger partial charge is 0.276 e. The van der Waals surface area contributed by atoms with Crippen LogP contribution in [-0.2, 0) is 11.8 Å². The molecular weight excluding hydrogens is 388 g/mol. The first kappa shape index (κ1) is 19.0. The van der Waals surface area contributed by atoms with Crippen molar-refractivity contribution in [3.05, 3.63) is 40.1 Å². The van der Waals surface area contributed by atoms with Gasteiger partial charge in [-0.15, -0.1) is 0 Å². The van der Waals surface area contributed by atoms with Crippen LogP contribution in [0, 0.1) is 6.92 Å². The van der Waals surface area contributed by atoms with Crippen molar-refractivity contribution in [1.82, 2.24) is 14.7 Å². The molecule has 0 aliphatic carbocycles. The number of aromatic nitrogens is 2. The Morgan fingerprint density at radius 1 is 1.36 bits per heavy atom. The molecule has 25 heavy (non-hydrogen) atoms. The van der Waals surface area contributed by atoms with Crippen molar-refractivity contribution in [2.45, 2.75) is 20.0 Å². The summed E-state index contributed by atoms with van der Waals surface area (Å²) in [4.78, 5) is 26.2. The fourth-order valence-corrected chi connectivity index (χ4v) is 2.52. The molecule has 1 heterocycles. The summed E-state index contributed by atoms with van der Waals surface area (Å²) in [7, 11) is 4.99. The summed E-state index contributed by atoms with van der Waals surface area (Å²) in [5.41, 5.74) is 1.29. The summed E-state index contributed by atoms with van der Waals surface area (Å²) in [6, 6.07) is 7.24. The number of benzene rings is 1. The number of rotatable bonds is 5. The molecule has 0 bridgehead atoms. The van der Waals surface area contributed by atoms with E-state index in [-0.39, 0.29) is 17.5 Å². The Balaban J connectivity index is 2.18. The number of halogens is 1. The van der Waals surface area contributed by atoms with E-state index >= 15 is 0 Å². The van der Waals surface area contributed by atoms with Gasteiger partial charge in [0, 0.05) is 25.6 Å². The molecular formula is C17H21BrN4O3. The van der Waals surface area contributed by atoms with E-state index in [1.54, 1.807) is 51.8 Å². The van der Waals surface area contributed by atoms with Crippen LogP contribution in [0.2, 0.25) is 0 Å². The van der Waals surface area contributed by atoms with Gasteiger partial charge in [0.05, 0.1) is 11.4 Å². The van der Waals surface area contributed by atoms with Gasteiger partial charge in [0.2, 0.25) is 0 Å². The highest BCUT2D eigenvalue weighted by Gasteiger charge is 2.25. The van der Waals surface area contributed by atoms with Gasteiger partial charge in [0.15, 0.2) is 11.8 Å². The number of nitrogens with one attached hydrogen (secondary N) is 1. The van der Waals surface area contributed by atoms with Crippen LogP contribution in [0.3, 0.4) is 0 Å². The predicted molar refractivity (Wildman–Crippen MR) is 98.8 cm³/mol. The average molecular weight is 409 g/mol. The maximum absolute atomic E-state index is 12.5. The van der Waals surface area contributed by atoms with Gasteiger partial charge in [-0.25, -0.2) is 0 Å². The van der Waals surface area contributed by atoms with Gasteiger partial charge in [-0.1, -0.05) is 22.0 Å². The van der Waals surface area contributed by atoms with Crippen molar-refractivity contribution in [2.75, 3.05) is 19.4 Å². The highest BCUT2D eigenvalue weighted by Crippen LogP contribution is 2.22. The number of nitrogens with zero attached hydrogens (tertiary/aromatic N) is 3. The van der Waals surface area contributed by atoms with Gasteiger partial charge < -0.3 is 15.0 Å². The van der Waals surface area contributed by atoms with E-state index in [0.29, 0.717) is 17.1 Å². The highest BCUT2D eigenvalue weighted by molar-refractivity contribution is 9.10. The second-order valence-corrected chi connectivity index (χ2v) is 6.75. The van der Waals surface area contributed by atoms with E-state index in [1.165, 1.54) is 4.90 Å². The normalized spacial score (nSPS) is 11.8. The third-order valence-electron chi connectivity index (χ3n) is 3.67. The maximum atomic E-state index is 12.5. The van der Waals surface area contributed by atoms with Crippen molar-refractivity contribution in [3.8, 4) is 5.75 Å². The maximum Gasteiger partial charge on any atom is 0.276 e. The second-order valence-electron chi connectivity index (χ2n) is 5.84. The van der Waals surface area contributed by atoms with Crippen molar-refractivity contribution < 1.29 is 14.3 Å². The van der Waals surface area contributed by atoms with E-state index in [4.69, 9.17) is 4.74 Å². The van der Waals surface area contributed by atoms with Gasteiger partial charge in [-0.2, -0.15) is 5.10 Å². The van der Waals surface area contributed by atoms with E-state index in [9.17, 15) is 9.59 Å². The van der Waals surface area contributed by atoms with Crippen LogP contribution < -0.4 is 10.1 Å². The number of ether oxygens (including phenoxy) is 1. The molecule has 0 saturated heterocycles. The zero-order chi connectivity index (χ0) is 18.7. The van der Waals surface area contributed by atoms with Crippen molar-refractivity contribution in [3.63, 3.8) is 0 Å². The third-order valence-corrected chi connectivity index (χ3v) is 4.16. The first-order chi connectivity index (χ1) is 11.7. The minimum atomic E-state index is -0.740. The molecule has 1 unspecified atom stereocenters. The number of anilines is 1. The molecule has 0 spiro atoms. The fourth-order valence-electron chi connectivity index (χ4n) is 2.14. The summed E-state index contributed by atoms with van der Waals surface area (Å²) in [5, 5.41) is 6.97. The molecule has 8 heteroatoms. The fraction of sp³-hybridized carbons (Fsp3) is 0.353. The monoisotopic (exact) mass is 408 g/mol. The molecule has 1 N–H and O–H groups in total. The zero-order valence-corrected chi connectivity index (χ0v) is 16.4. The minimum absolute atomic E-state index is 0.202. The van der Waals surface area contributed by atoms with Gasteiger partial charge in [-0.05, 0) is 32.0 Å². The van der Waals surface area contributed by atoms with Gasteiger partial charge in [0.25, 0.3) is 11.8 Å². The van der Waals surface area contributed by atoms with Crippen LogP contribution in [0.5, 0.6) is 5.75 Å². The Hall–Kier alpha value is -2.35. The van der Waals surface area contributed by atoms with E-state index < -0.39 is 6.10 Å². The lowest BCUT2D eigenvalue weighted by Gasteiger charge is -2.16. The molecule has 1 aromatic heterocycles. The molecule has 2 rings (SSSR count). The number of amides is 2. The van der Waals surface area contributed by atoms with E-state index in [0.717, 1.165) is 4.47 Å². The summed E-state index contributed by atoms with van der Waals surface area (Å²) in [6.07, 6.45) is -0.740. The van der Waals surface area contributed by atoms with Gasteiger partial charge >= 0.3 is 0 Å². The summed E-state index contributed by atoms with van der Waals surface area (Å²) >= 11 is 3.36. The van der Waals surface area contributed by atoms with Gasteiger partial charge in [0.1, 0.15) is 5.75 Å². The van der Waals surface area contributed by atoms with Crippen molar-refractivity contribution in [1.29, 1.82) is 0 Å². The van der Waals surface area contributed by atoms with Crippen LogP contribution >= 0.6 is 15.9 Å². The molecule has 1 aromatic carbocycles. The Kier molecular flexibility index (Phi) is 5.84. The van der Waals surface area contributed by atoms with Crippen LogP contribution in [0.25, 0.3) is 0 Å². The summed E-state index contributed by atoms with van der Waals surface area (Å²) in [5.74, 6) is -0.0621. The lowest BCUT2D eigenvalue weighted by molar-refractivity contribution is -0.122. The van der Waals surface area contributed by atoms with Crippen LogP contribution in [0.1, 0.15) is 23.1 Å². The Bertz CT molecular complexity index is 801. The summed E-state index contributed by atoms with van der Waals surface area (Å²) < 4.78 is 8.08. The number of aryl methyl sites for hydroxylation is 1. The van der Waals surface area contributed by atoms with E-state index in [2.05, 4.69) is 26.3 Å². The van der Waals surface area contributed by atoms with Crippen LogP contribution in [-0.4, -0.2) is 46.7 Å². The molecule has 7 nitrogen and oxygen atoms in total. The van der Waals surface area contributed by atoms with Crippen LogP contribution in [0.4, 0.5) is 5.69 Å². The lowest BCUT2D eigenvalue weighted by atomic mass is 10.2. The number of hydrogen-bond acceptors (Lipinski definition) is 4. The molecule has 0 radical (unpaired) electrons. The molecule has 134 valence electrons. The topological polar surface area (TPSA) is 76.5 Å². The number of carbonyl (C=O) groups is 2. The van der Waals surface area contributed by atoms with E-state index in [1.807, 2.05) is 12.1 Å². The van der Waals surface area contributed by atoms with Crippen LogP contribution in [0.15, 0.2) is 28.7 Å². The molecule has 2 aromatic rings.